The van der Waals surface area contributed by atoms with Crippen molar-refractivity contribution in [2.75, 3.05) is 46.9 Å². The number of rotatable bonds is 5. The average Bonchev–Trinajstić information content (AvgIpc) is 2.35. The Bertz CT molecular complexity index is 273. The molecule has 0 aromatic heterocycles. The van der Waals surface area contributed by atoms with Crippen LogP contribution < -0.4 is 5.32 Å². The fourth-order valence-electron chi connectivity index (χ4n) is 2.08. The van der Waals surface area contributed by atoms with Gasteiger partial charge in [0.1, 0.15) is 6.10 Å². The van der Waals surface area contributed by atoms with Crippen molar-refractivity contribution in [1.29, 1.82) is 0 Å². The molecule has 0 bridgehead atoms. The molecule has 0 aromatic rings. The monoisotopic (exact) mass is 257 g/mol. The molecule has 0 spiro atoms. The molecule has 1 saturated heterocycles. The number of methoxy groups -OCH3 is 1. The fourth-order valence-corrected chi connectivity index (χ4v) is 2.08. The summed E-state index contributed by atoms with van der Waals surface area (Å²) < 4.78 is 5.00. The van der Waals surface area contributed by atoms with Crippen LogP contribution in [-0.4, -0.2) is 74.2 Å². The van der Waals surface area contributed by atoms with Crippen molar-refractivity contribution in [3.8, 4) is 0 Å². The highest BCUT2D eigenvalue weighted by molar-refractivity contribution is 5.80. The van der Waals surface area contributed by atoms with Crippen LogP contribution in [0.15, 0.2) is 0 Å². The van der Waals surface area contributed by atoms with Gasteiger partial charge in [0.2, 0.25) is 5.91 Å². The molecular weight excluding hydrogens is 230 g/mol. The van der Waals surface area contributed by atoms with E-state index in [1.807, 2.05) is 0 Å². The van der Waals surface area contributed by atoms with Crippen molar-refractivity contribution >= 4 is 5.91 Å². The molecule has 1 N–H and O–H groups in total. The molecule has 0 radical (unpaired) electrons. The molecule has 5 nitrogen and oxygen atoms in total. The van der Waals surface area contributed by atoms with E-state index >= 15 is 0 Å². The van der Waals surface area contributed by atoms with E-state index in [2.05, 4.69) is 36.0 Å². The van der Waals surface area contributed by atoms with Crippen LogP contribution in [0.1, 0.15) is 20.8 Å². The Labute approximate surface area is 110 Å². The number of likely N-dealkylation sites (N-methyl/N-ethyl adjacent to an activating group) is 1. The van der Waals surface area contributed by atoms with Crippen LogP contribution in [0, 0.1) is 0 Å². The van der Waals surface area contributed by atoms with Crippen LogP contribution in [0.3, 0.4) is 0 Å². The van der Waals surface area contributed by atoms with Gasteiger partial charge < -0.3 is 15.0 Å². The van der Waals surface area contributed by atoms with E-state index in [9.17, 15) is 4.79 Å². The number of ether oxygens (including phenoxy) is 1. The quantitative estimate of drug-likeness (QED) is 0.762. The summed E-state index contributed by atoms with van der Waals surface area (Å²) in [5.41, 5.74) is -0.00954. The number of nitrogens with one attached hydrogen (secondary N) is 1. The molecule has 1 amide bonds. The third kappa shape index (κ3) is 4.23. The smallest absolute Gasteiger partial charge is 0.248 e. The summed E-state index contributed by atoms with van der Waals surface area (Å²) in [6.45, 7) is 11.1. The van der Waals surface area contributed by atoms with Crippen molar-refractivity contribution in [2.24, 2.45) is 0 Å². The molecule has 1 heterocycles. The topological polar surface area (TPSA) is 44.8 Å². The first-order valence-corrected chi connectivity index (χ1v) is 6.61. The molecule has 1 aliphatic rings. The van der Waals surface area contributed by atoms with E-state index in [0.29, 0.717) is 6.54 Å². The fraction of sp³-hybridized carbons (Fsp3) is 0.923. The van der Waals surface area contributed by atoms with Gasteiger partial charge in [-0.1, -0.05) is 0 Å². The van der Waals surface area contributed by atoms with Crippen LogP contribution in [0.5, 0.6) is 0 Å². The molecule has 1 fully saturated rings. The molecular formula is C13H27N3O2. The lowest BCUT2D eigenvalue weighted by Gasteiger charge is -2.43. The van der Waals surface area contributed by atoms with Crippen LogP contribution in [0.4, 0.5) is 0 Å². The largest absolute Gasteiger partial charge is 0.372 e. The molecule has 1 rings (SSSR count). The van der Waals surface area contributed by atoms with E-state index < -0.39 is 0 Å². The highest BCUT2D eigenvalue weighted by atomic mass is 16.5. The first-order valence-electron chi connectivity index (χ1n) is 6.61. The predicted molar refractivity (Wildman–Crippen MR) is 72.6 cm³/mol. The maximum Gasteiger partial charge on any atom is 0.248 e. The first-order chi connectivity index (χ1) is 8.36. The van der Waals surface area contributed by atoms with Gasteiger partial charge in [-0.05, 0) is 27.8 Å². The van der Waals surface area contributed by atoms with E-state index in [1.165, 1.54) is 0 Å². The van der Waals surface area contributed by atoms with E-state index in [-0.39, 0.29) is 17.6 Å². The maximum absolute atomic E-state index is 11.7. The zero-order valence-corrected chi connectivity index (χ0v) is 12.3. The van der Waals surface area contributed by atoms with E-state index in [0.717, 1.165) is 26.2 Å². The van der Waals surface area contributed by atoms with Crippen LogP contribution in [0.2, 0.25) is 0 Å². The summed E-state index contributed by atoms with van der Waals surface area (Å²) in [6, 6.07) is 0. The van der Waals surface area contributed by atoms with Gasteiger partial charge in [0.25, 0.3) is 0 Å². The minimum atomic E-state index is -0.381. The molecule has 18 heavy (non-hydrogen) atoms. The van der Waals surface area contributed by atoms with Gasteiger partial charge in [-0.25, -0.2) is 0 Å². The van der Waals surface area contributed by atoms with Crippen molar-refractivity contribution in [3.05, 3.63) is 0 Å². The molecule has 106 valence electrons. The minimum Gasteiger partial charge on any atom is -0.372 e. The van der Waals surface area contributed by atoms with Crippen molar-refractivity contribution in [2.45, 2.75) is 32.4 Å². The number of carbonyl (C=O) groups is 1. The zero-order chi connectivity index (χ0) is 13.8. The maximum atomic E-state index is 11.7. The lowest BCUT2D eigenvalue weighted by Crippen LogP contribution is -2.58. The second-order valence-electron chi connectivity index (χ2n) is 5.70. The highest BCUT2D eigenvalue weighted by Crippen LogP contribution is 2.15. The van der Waals surface area contributed by atoms with Crippen LogP contribution >= 0.6 is 0 Å². The van der Waals surface area contributed by atoms with Gasteiger partial charge in [0.05, 0.1) is 0 Å². The number of piperazine rings is 1. The summed E-state index contributed by atoms with van der Waals surface area (Å²) in [6.07, 6.45) is -0.381. The number of nitrogens with zero attached hydrogens (tertiary/aromatic N) is 2. The third-order valence-corrected chi connectivity index (χ3v) is 3.78. The molecule has 0 aromatic carbocycles. The predicted octanol–water partition coefficient (Wildman–Crippen LogP) is 0.164. The Balaban J connectivity index is 2.41. The molecule has 0 saturated carbocycles. The Morgan fingerprint density at radius 1 is 1.33 bits per heavy atom. The van der Waals surface area contributed by atoms with Gasteiger partial charge in [0, 0.05) is 45.4 Å². The second-order valence-corrected chi connectivity index (χ2v) is 5.70. The molecule has 1 unspecified atom stereocenters. The normalized spacial score (nSPS) is 20.7. The number of amides is 1. The van der Waals surface area contributed by atoms with Crippen molar-refractivity contribution in [3.63, 3.8) is 0 Å². The SMILES string of the molecule is COC(C)C(=O)NCC(C)(C)N1CCN(C)CC1. The van der Waals surface area contributed by atoms with Crippen molar-refractivity contribution < 1.29 is 9.53 Å². The number of hydrogen-bond donors (Lipinski definition) is 1. The minimum absolute atomic E-state index is 0.00954. The van der Waals surface area contributed by atoms with Gasteiger partial charge in [-0.2, -0.15) is 0 Å². The standard InChI is InChI=1S/C13H27N3O2/c1-11(18-5)12(17)14-10-13(2,3)16-8-6-15(4)7-9-16/h11H,6-10H2,1-5H3,(H,14,17). The molecule has 1 aliphatic heterocycles. The van der Waals surface area contributed by atoms with Crippen molar-refractivity contribution in [1.82, 2.24) is 15.1 Å². The second kappa shape index (κ2) is 6.50. The van der Waals surface area contributed by atoms with Gasteiger partial charge in [0.15, 0.2) is 0 Å². The molecule has 5 heteroatoms. The average molecular weight is 257 g/mol. The van der Waals surface area contributed by atoms with Crippen LogP contribution in [0.25, 0.3) is 0 Å². The summed E-state index contributed by atoms with van der Waals surface area (Å²) >= 11 is 0. The Kier molecular flexibility index (Phi) is 5.56. The van der Waals surface area contributed by atoms with Gasteiger partial charge in [-0.3, -0.25) is 9.69 Å². The molecule has 0 aliphatic carbocycles. The summed E-state index contributed by atoms with van der Waals surface area (Å²) in [4.78, 5) is 16.5. The van der Waals surface area contributed by atoms with Gasteiger partial charge in [-0.15, -0.1) is 0 Å². The van der Waals surface area contributed by atoms with E-state index in [4.69, 9.17) is 4.74 Å². The zero-order valence-electron chi connectivity index (χ0n) is 12.3. The first kappa shape index (κ1) is 15.4. The highest BCUT2D eigenvalue weighted by Gasteiger charge is 2.29. The third-order valence-electron chi connectivity index (χ3n) is 3.78. The summed E-state index contributed by atoms with van der Waals surface area (Å²) in [5.74, 6) is -0.0419. The Morgan fingerprint density at radius 2 is 1.89 bits per heavy atom. The lowest BCUT2D eigenvalue weighted by atomic mass is 10.0. The van der Waals surface area contributed by atoms with Crippen LogP contribution in [-0.2, 0) is 9.53 Å². The molecule has 1 atom stereocenters. The summed E-state index contributed by atoms with van der Waals surface area (Å²) in [5, 5.41) is 2.96. The van der Waals surface area contributed by atoms with Gasteiger partial charge >= 0.3 is 0 Å². The Hall–Kier alpha value is -0.650. The lowest BCUT2D eigenvalue weighted by molar-refractivity contribution is -0.130. The number of carbonyl (C=O) groups excluding carboxylic acids is 1. The number of hydrogen-bond acceptors (Lipinski definition) is 4. The van der Waals surface area contributed by atoms with E-state index in [1.54, 1.807) is 14.0 Å². The summed E-state index contributed by atoms with van der Waals surface area (Å²) in [7, 11) is 3.70. The Morgan fingerprint density at radius 3 is 2.39 bits per heavy atom.